The fourth-order valence-corrected chi connectivity index (χ4v) is 1.66. The number of methoxy groups -OCH3 is 1. The number of aromatic amines is 1. The number of H-pyrrole nitrogens is 1. The predicted octanol–water partition coefficient (Wildman–Crippen LogP) is 2.17. The van der Waals surface area contributed by atoms with Crippen LogP contribution in [-0.2, 0) is 4.74 Å². The zero-order valence-corrected chi connectivity index (χ0v) is 9.65. The molecule has 1 heterocycles. The van der Waals surface area contributed by atoms with E-state index in [0.29, 0.717) is 0 Å². The molecule has 2 rings (SSSR count). The Morgan fingerprint density at radius 3 is 3.00 bits per heavy atom. The Balaban J connectivity index is 2.29. The topological polar surface area (TPSA) is 66.5 Å². The number of ether oxygens (including phenoxy) is 1. The van der Waals surface area contributed by atoms with Gasteiger partial charge in [0.15, 0.2) is 0 Å². The fraction of sp³-hybridized carbons (Fsp3) is 0.167. The zero-order valence-electron chi connectivity index (χ0n) is 9.65. The van der Waals surface area contributed by atoms with Crippen LogP contribution < -0.4 is 5.43 Å². The lowest BCUT2D eigenvalue weighted by molar-refractivity contribution is 0.171. The summed E-state index contributed by atoms with van der Waals surface area (Å²) in [6.45, 7) is 1.96. The van der Waals surface area contributed by atoms with Crippen LogP contribution in [0, 0.1) is 6.92 Å². The minimum absolute atomic E-state index is 0.584. The van der Waals surface area contributed by atoms with Gasteiger partial charge in [-0.2, -0.15) is 5.10 Å². The summed E-state index contributed by atoms with van der Waals surface area (Å²) in [4.78, 5) is 14.1. The molecule has 0 spiro atoms. The van der Waals surface area contributed by atoms with E-state index >= 15 is 0 Å². The van der Waals surface area contributed by atoms with Crippen molar-refractivity contribution in [3.8, 4) is 0 Å². The lowest BCUT2D eigenvalue weighted by atomic mass is 10.1. The van der Waals surface area contributed by atoms with E-state index in [9.17, 15) is 4.79 Å². The van der Waals surface area contributed by atoms with Crippen molar-refractivity contribution < 1.29 is 9.53 Å². The molecule has 2 aromatic rings. The first kappa shape index (κ1) is 11.2. The van der Waals surface area contributed by atoms with Crippen molar-refractivity contribution in [2.45, 2.75) is 6.92 Å². The summed E-state index contributed by atoms with van der Waals surface area (Å²) in [6, 6.07) is 7.92. The SMILES string of the molecule is COC(=O)NN=Cc1c(C)[nH]c2ccccc12. The highest BCUT2D eigenvalue weighted by Gasteiger charge is 2.05. The number of nitrogens with zero attached hydrogens (tertiary/aromatic N) is 1. The minimum atomic E-state index is -0.584. The normalized spacial score (nSPS) is 10.9. The Labute approximate surface area is 98.5 Å². The van der Waals surface area contributed by atoms with Gasteiger partial charge in [-0.3, -0.25) is 0 Å². The molecule has 0 aliphatic rings. The molecule has 1 aromatic heterocycles. The van der Waals surface area contributed by atoms with Crippen LogP contribution in [0.15, 0.2) is 29.4 Å². The first-order valence-electron chi connectivity index (χ1n) is 5.16. The van der Waals surface area contributed by atoms with Crippen molar-refractivity contribution in [3.05, 3.63) is 35.5 Å². The molecule has 88 valence electrons. The van der Waals surface area contributed by atoms with Gasteiger partial charge in [0.1, 0.15) is 0 Å². The predicted molar refractivity (Wildman–Crippen MR) is 66.2 cm³/mol. The second kappa shape index (κ2) is 4.69. The number of nitrogens with one attached hydrogen (secondary N) is 2. The number of para-hydroxylation sites is 1. The van der Waals surface area contributed by atoms with Crippen molar-refractivity contribution in [3.63, 3.8) is 0 Å². The van der Waals surface area contributed by atoms with Crippen LogP contribution in [0.4, 0.5) is 4.79 Å². The molecule has 0 saturated heterocycles. The van der Waals surface area contributed by atoms with Crippen LogP contribution >= 0.6 is 0 Å². The first-order valence-corrected chi connectivity index (χ1v) is 5.16. The average molecular weight is 231 g/mol. The average Bonchev–Trinajstić information content (AvgIpc) is 2.66. The van der Waals surface area contributed by atoms with E-state index in [0.717, 1.165) is 22.2 Å². The smallest absolute Gasteiger partial charge is 0.427 e. The molecule has 17 heavy (non-hydrogen) atoms. The van der Waals surface area contributed by atoms with Crippen LogP contribution in [0.25, 0.3) is 10.9 Å². The van der Waals surface area contributed by atoms with Crippen molar-refractivity contribution in [1.29, 1.82) is 0 Å². The van der Waals surface area contributed by atoms with E-state index in [4.69, 9.17) is 0 Å². The van der Waals surface area contributed by atoms with Crippen LogP contribution in [0.2, 0.25) is 0 Å². The van der Waals surface area contributed by atoms with E-state index in [1.807, 2.05) is 31.2 Å². The maximum Gasteiger partial charge on any atom is 0.427 e. The summed E-state index contributed by atoms with van der Waals surface area (Å²) in [5, 5.41) is 4.90. The van der Waals surface area contributed by atoms with Gasteiger partial charge in [0.25, 0.3) is 0 Å². The molecule has 1 amide bonds. The number of hydrogen-bond donors (Lipinski definition) is 2. The number of rotatable bonds is 2. The second-order valence-electron chi connectivity index (χ2n) is 3.57. The summed E-state index contributed by atoms with van der Waals surface area (Å²) in [6.07, 6.45) is 1.02. The summed E-state index contributed by atoms with van der Waals surface area (Å²) in [5.74, 6) is 0. The lowest BCUT2D eigenvalue weighted by Gasteiger charge is -1.96. The Morgan fingerprint density at radius 2 is 2.24 bits per heavy atom. The van der Waals surface area contributed by atoms with Gasteiger partial charge < -0.3 is 9.72 Å². The highest BCUT2D eigenvalue weighted by atomic mass is 16.5. The molecule has 0 radical (unpaired) electrons. The molecule has 5 nitrogen and oxygen atoms in total. The molecule has 0 saturated carbocycles. The van der Waals surface area contributed by atoms with E-state index < -0.39 is 6.09 Å². The van der Waals surface area contributed by atoms with E-state index in [1.165, 1.54) is 7.11 Å². The molecule has 0 bridgehead atoms. The van der Waals surface area contributed by atoms with Gasteiger partial charge in [0.05, 0.1) is 13.3 Å². The van der Waals surface area contributed by atoms with Crippen LogP contribution in [-0.4, -0.2) is 24.4 Å². The number of fused-ring (bicyclic) bond motifs is 1. The maximum atomic E-state index is 10.8. The van der Waals surface area contributed by atoms with E-state index in [2.05, 4.69) is 20.2 Å². The van der Waals surface area contributed by atoms with Crippen molar-refractivity contribution >= 4 is 23.2 Å². The number of hydrazone groups is 1. The first-order chi connectivity index (χ1) is 8.22. The van der Waals surface area contributed by atoms with Gasteiger partial charge in [-0.25, -0.2) is 10.2 Å². The number of aryl methyl sites for hydroxylation is 1. The van der Waals surface area contributed by atoms with Gasteiger partial charge in [0, 0.05) is 22.2 Å². The minimum Gasteiger partial charge on any atom is -0.452 e. The lowest BCUT2D eigenvalue weighted by Crippen LogP contribution is -2.16. The molecular weight excluding hydrogens is 218 g/mol. The summed E-state index contributed by atoms with van der Waals surface area (Å²) < 4.78 is 4.42. The van der Waals surface area contributed by atoms with Crippen LogP contribution in [0.1, 0.15) is 11.3 Å². The van der Waals surface area contributed by atoms with E-state index in [-0.39, 0.29) is 0 Å². The van der Waals surface area contributed by atoms with Gasteiger partial charge in [-0.1, -0.05) is 18.2 Å². The number of amides is 1. The van der Waals surface area contributed by atoms with Gasteiger partial charge in [-0.15, -0.1) is 0 Å². The molecular formula is C12H13N3O2. The highest BCUT2D eigenvalue weighted by Crippen LogP contribution is 2.19. The number of hydrogen-bond acceptors (Lipinski definition) is 3. The molecule has 0 aliphatic heterocycles. The Morgan fingerprint density at radius 1 is 1.47 bits per heavy atom. The zero-order chi connectivity index (χ0) is 12.3. The largest absolute Gasteiger partial charge is 0.452 e. The van der Waals surface area contributed by atoms with Gasteiger partial charge in [0.2, 0.25) is 0 Å². The molecule has 0 fully saturated rings. The number of carbonyl (C=O) groups excluding carboxylic acids is 1. The third-order valence-electron chi connectivity index (χ3n) is 2.48. The third kappa shape index (κ3) is 2.28. The molecule has 2 N–H and O–H groups in total. The van der Waals surface area contributed by atoms with Gasteiger partial charge >= 0.3 is 6.09 Å². The second-order valence-corrected chi connectivity index (χ2v) is 3.57. The summed E-state index contributed by atoms with van der Waals surface area (Å²) in [7, 11) is 1.29. The molecule has 0 aliphatic carbocycles. The third-order valence-corrected chi connectivity index (χ3v) is 2.48. The molecule has 5 heteroatoms. The molecule has 0 unspecified atom stereocenters. The van der Waals surface area contributed by atoms with E-state index in [1.54, 1.807) is 6.21 Å². The van der Waals surface area contributed by atoms with Crippen molar-refractivity contribution in [2.75, 3.05) is 7.11 Å². The Kier molecular flexibility index (Phi) is 3.09. The van der Waals surface area contributed by atoms with Crippen LogP contribution in [0.5, 0.6) is 0 Å². The van der Waals surface area contributed by atoms with Gasteiger partial charge in [-0.05, 0) is 13.0 Å². The highest BCUT2D eigenvalue weighted by molar-refractivity contribution is 6.00. The number of aromatic nitrogens is 1. The maximum absolute atomic E-state index is 10.8. The van der Waals surface area contributed by atoms with Crippen molar-refractivity contribution in [1.82, 2.24) is 10.4 Å². The quantitative estimate of drug-likeness (QED) is 0.614. The Bertz CT molecular complexity index is 572. The summed E-state index contributed by atoms with van der Waals surface area (Å²) in [5.41, 5.74) is 5.26. The molecule has 0 atom stereocenters. The van der Waals surface area contributed by atoms with Crippen molar-refractivity contribution in [2.24, 2.45) is 5.10 Å². The fourth-order valence-electron chi connectivity index (χ4n) is 1.66. The monoisotopic (exact) mass is 231 g/mol. The van der Waals surface area contributed by atoms with Crippen LogP contribution in [0.3, 0.4) is 0 Å². The standard InChI is InChI=1S/C12H13N3O2/c1-8-10(7-13-15-12(16)17-2)9-5-3-4-6-11(9)14-8/h3-7,14H,1-2H3,(H,15,16). The Hall–Kier alpha value is -2.30. The number of benzene rings is 1. The summed E-state index contributed by atoms with van der Waals surface area (Å²) >= 11 is 0. The molecule has 1 aromatic carbocycles. The number of carbonyl (C=O) groups is 1.